The Hall–Kier alpha value is -3.02. The quantitative estimate of drug-likeness (QED) is 0.683. The van der Waals surface area contributed by atoms with Gasteiger partial charge < -0.3 is 19.1 Å². The lowest BCUT2D eigenvalue weighted by molar-refractivity contribution is -0.134. The molecular weight excluding hydrogens is 382 g/mol. The number of carbonyl (C=O) groups is 2. The van der Waals surface area contributed by atoms with E-state index in [2.05, 4.69) is 6.92 Å². The highest BCUT2D eigenvalue weighted by Crippen LogP contribution is 2.32. The third-order valence-corrected chi connectivity index (χ3v) is 5.75. The normalized spacial score (nSPS) is 16.2. The van der Waals surface area contributed by atoms with E-state index < -0.39 is 0 Å². The highest BCUT2D eigenvalue weighted by molar-refractivity contribution is 5.98. The van der Waals surface area contributed by atoms with Crippen molar-refractivity contribution in [3.63, 3.8) is 0 Å². The number of ether oxygens (including phenoxy) is 3. The molecule has 2 aromatic rings. The summed E-state index contributed by atoms with van der Waals surface area (Å²) in [4.78, 5) is 27.3. The minimum Gasteiger partial charge on any atom is -0.486 e. The maximum atomic E-state index is 12.9. The van der Waals surface area contributed by atoms with Gasteiger partial charge in [-0.25, -0.2) is 0 Å². The van der Waals surface area contributed by atoms with E-state index in [4.69, 9.17) is 14.2 Å². The number of rotatable bonds is 6. The van der Waals surface area contributed by atoms with Gasteiger partial charge in [0.2, 0.25) is 0 Å². The van der Waals surface area contributed by atoms with Gasteiger partial charge in [0.25, 0.3) is 5.91 Å². The third kappa shape index (κ3) is 4.42. The Morgan fingerprint density at radius 2 is 1.77 bits per heavy atom. The van der Waals surface area contributed by atoms with Gasteiger partial charge in [-0.05, 0) is 49.1 Å². The monoisotopic (exact) mass is 409 g/mol. The van der Waals surface area contributed by atoms with E-state index >= 15 is 0 Å². The molecule has 0 bridgehead atoms. The average molecular weight is 409 g/mol. The molecule has 1 fully saturated rings. The van der Waals surface area contributed by atoms with Crippen LogP contribution in [0.4, 0.5) is 0 Å². The minimum atomic E-state index is -0.0849. The van der Waals surface area contributed by atoms with Gasteiger partial charge >= 0.3 is 0 Å². The van der Waals surface area contributed by atoms with Gasteiger partial charge in [0, 0.05) is 24.6 Å². The van der Waals surface area contributed by atoms with Crippen LogP contribution in [0.15, 0.2) is 42.5 Å². The lowest BCUT2D eigenvalue weighted by Gasteiger charge is -2.31. The molecule has 2 heterocycles. The molecule has 2 aliphatic heterocycles. The van der Waals surface area contributed by atoms with Crippen molar-refractivity contribution >= 4 is 11.7 Å². The van der Waals surface area contributed by atoms with Crippen LogP contribution in [0.1, 0.15) is 35.7 Å². The lowest BCUT2D eigenvalue weighted by Crippen LogP contribution is -2.42. The predicted molar refractivity (Wildman–Crippen MR) is 112 cm³/mol. The standard InChI is InChI=1S/C24H27NO5/c1-2-17-5-3-4-6-20(17)30-16-23(26)25-11-9-18(10-12-25)24(27)19-7-8-21-22(15-19)29-14-13-28-21/h3-8,15,18H,2,9-14,16H2,1H3. The van der Waals surface area contributed by atoms with Crippen LogP contribution in [-0.2, 0) is 11.2 Å². The molecule has 30 heavy (non-hydrogen) atoms. The SMILES string of the molecule is CCc1ccccc1OCC(=O)N1CCC(C(=O)c2ccc3c(c2)OCCO3)CC1. The number of carbonyl (C=O) groups excluding carboxylic acids is 2. The maximum absolute atomic E-state index is 12.9. The summed E-state index contributed by atoms with van der Waals surface area (Å²) in [5, 5.41) is 0. The van der Waals surface area contributed by atoms with E-state index in [1.54, 1.807) is 23.1 Å². The summed E-state index contributed by atoms with van der Waals surface area (Å²) in [5.74, 6) is 2.06. The van der Waals surface area contributed by atoms with Crippen molar-refractivity contribution in [2.45, 2.75) is 26.2 Å². The number of piperidine rings is 1. The summed E-state index contributed by atoms with van der Waals surface area (Å²) in [5.41, 5.74) is 1.73. The van der Waals surface area contributed by atoms with Gasteiger partial charge in [-0.15, -0.1) is 0 Å². The zero-order valence-corrected chi connectivity index (χ0v) is 17.3. The largest absolute Gasteiger partial charge is 0.486 e. The van der Waals surface area contributed by atoms with E-state index in [9.17, 15) is 9.59 Å². The van der Waals surface area contributed by atoms with Crippen molar-refractivity contribution in [1.82, 2.24) is 4.90 Å². The Kier molecular flexibility index (Phi) is 6.21. The van der Waals surface area contributed by atoms with E-state index in [1.807, 2.05) is 24.3 Å². The molecule has 6 nitrogen and oxygen atoms in total. The number of hydrogen-bond donors (Lipinski definition) is 0. The number of amides is 1. The molecule has 6 heteroatoms. The van der Waals surface area contributed by atoms with Gasteiger partial charge in [0.15, 0.2) is 23.9 Å². The van der Waals surface area contributed by atoms with Crippen molar-refractivity contribution in [3.8, 4) is 17.2 Å². The first-order chi connectivity index (χ1) is 14.7. The van der Waals surface area contributed by atoms with Crippen LogP contribution in [0.5, 0.6) is 17.2 Å². The first-order valence-corrected chi connectivity index (χ1v) is 10.6. The number of fused-ring (bicyclic) bond motifs is 1. The van der Waals surface area contributed by atoms with E-state index in [0.29, 0.717) is 56.2 Å². The van der Waals surface area contributed by atoms with Crippen LogP contribution in [0.25, 0.3) is 0 Å². The van der Waals surface area contributed by atoms with Crippen molar-refractivity contribution < 1.29 is 23.8 Å². The summed E-state index contributed by atoms with van der Waals surface area (Å²) < 4.78 is 16.9. The number of Topliss-reactive ketones (excluding diaryl/α,β-unsaturated/α-hetero) is 1. The Morgan fingerprint density at radius 3 is 2.53 bits per heavy atom. The van der Waals surface area contributed by atoms with Crippen LogP contribution >= 0.6 is 0 Å². The molecule has 0 aliphatic carbocycles. The number of nitrogens with zero attached hydrogens (tertiary/aromatic N) is 1. The first-order valence-electron chi connectivity index (χ1n) is 10.6. The van der Waals surface area contributed by atoms with Gasteiger partial charge in [-0.2, -0.15) is 0 Å². The average Bonchev–Trinajstić information content (AvgIpc) is 2.82. The van der Waals surface area contributed by atoms with Crippen LogP contribution in [-0.4, -0.2) is 49.5 Å². The van der Waals surface area contributed by atoms with Gasteiger partial charge in [-0.3, -0.25) is 9.59 Å². The molecule has 0 unspecified atom stereocenters. The zero-order chi connectivity index (χ0) is 20.9. The second-order valence-corrected chi connectivity index (χ2v) is 7.63. The van der Waals surface area contributed by atoms with E-state index in [1.165, 1.54) is 0 Å². The molecule has 0 N–H and O–H groups in total. The van der Waals surface area contributed by atoms with Crippen molar-refractivity contribution in [3.05, 3.63) is 53.6 Å². The fourth-order valence-corrected chi connectivity index (χ4v) is 3.99. The molecule has 4 rings (SSSR count). The molecule has 158 valence electrons. The Balaban J connectivity index is 1.30. The summed E-state index contributed by atoms with van der Waals surface area (Å²) in [7, 11) is 0. The number of hydrogen-bond acceptors (Lipinski definition) is 5. The molecule has 1 amide bonds. The number of aryl methyl sites for hydroxylation is 1. The smallest absolute Gasteiger partial charge is 0.260 e. The zero-order valence-electron chi connectivity index (χ0n) is 17.3. The lowest BCUT2D eigenvalue weighted by atomic mass is 9.88. The molecule has 0 atom stereocenters. The van der Waals surface area contributed by atoms with Gasteiger partial charge in [0.1, 0.15) is 19.0 Å². The highest BCUT2D eigenvalue weighted by Gasteiger charge is 2.29. The second kappa shape index (κ2) is 9.20. The minimum absolute atomic E-state index is 0.0256. The van der Waals surface area contributed by atoms with Crippen LogP contribution in [0, 0.1) is 5.92 Å². The number of likely N-dealkylation sites (tertiary alicyclic amines) is 1. The summed E-state index contributed by atoms with van der Waals surface area (Å²) in [6.07, 6.45) is 2.17. The fraction of sp³-hybridized carbons (Fsp3) is 0.417. The van der Waals surface area contributed by atoms with E-state index in [0.717, 1.165) is 17.7 Å². The maximum Gasteiger partial charge on any atom is 0.260 e. The molecule has 0 radical (unpaired) electrons. The van der Waals surface area contributed by atoms with Crippen molar-refractivity contribution in [2.24, 2.45) is 5.92 Å². The topological polar surface area (TPSA) is 65.1 Å². The second-order valence-electron chi connectivity index (χ2n) is 7.63. The Morgan fingerprint density at radius 1 is 1.03 bits per heavy atom. The highest BCUT2D eigenvalue weighted by atomic mass is 16.6. The number of benzene rings is 2. The molecule has 0 aromatic heterocycles. The van der Waals surface area contributed by atoms with Crippen molar-refractivity contribution in [1.29, 1.82) is 0 Å². The summed E-state index contributed by atoms with van der Waals surface area (Å²) >= 11 is 0. The molecule has 0 spiro atoms. The number of ketones is 1. The van der Waals surface area contributed by atoms with E-state index in [-0.39, 0.29) is 24.2 Å². The summed E-state index contributed by atoms with van der Waals surface area (Å²) in [6.45, 7) is 4.25. The van der Waals surface area contributed by atoms with Crippen molar-refractivity contribution in [2.75, 3.05) is 32.9 Å². The van der Waals surface area contributed by atoms with Gasteiger partial charge in [0.05, 0.1) is 0 Å². The van der Waals surface area contributed by atoms with Gasteiger partial charge in [-0.1, -0.05) is 25.1 Å². The predicted octanol–water partition coefficient (Wildman–Crippen LogP) is 3.52. The van der Waals surface area contributed by atoms with Crippen LogP contribution < -0.4 is 14.2 Å². The molecule has 1 saturated heterocycles. The number of para-hydroxylation sites is 1. The van der Waals surface area contributed by atoms with Crippen LogP contribution in [0.3, 0.4) is 0 Å². The molecule has 2 aromatic carbocycles. The Labute approximate surface area is 176 Å². The van der Waals surface area contributed by atoms with Crippen LogP contribution in [0.2, 0.25) is 0 Å². The molecular formula is C24H27NO5. The summed E-state index contributed by atoms with van der Waals surface area (Å²) in [6, 6.07) is 13.1. The Bertz CT molecular complexity index is 918. The fourth-order valence-electron chi connectivity index (χ4n) is 3.99. The first kappa shape index (κ1) is 20.3. The molecule has 0 saturated carbocycles. The molecule has 2 aliphatic rings. The third-order valence-electron chi connectivity index (χ3n) is 5.75.